The number of sulfonamides is 1. The van der Waals surface area contributed by atoms with Crippen LogP contribution in [-0.2, 0) is 21.4 Å². The summed E-state index contributed by atoms with van der Waals surface area (Å²) in [6, 6.07) is 11.5. The second-order valence-electron chi connectivity index (χ2n) is 7.08. The zero-order valence-corrected chi connectivity index (χ0v) is 17.7. The molecule has 1 atom stereocenters. The fraction of sp³-hybridized carbons (Fsp3) is 0.350. The van der Waals surface area contributed by atoms with Crippen LogP contribution in [0.4, 0.5) is 5.69 Å². The minimum absolute atomic E-state index is 0.127. The van der Waals surface area contributed by atoms with Crippen LogP contribution in [0.5, 0.6) is 11.5 Å². The number of hydrogen-bond acceptors (Lipinski definition) is 6. The van der Waals surface area contributed by atoms with Gasteiger partial charge >= 0.3 is 0 Å². The van der Waals surface area contributed by atoms with E-state index in [2.05, 4.69) is 5.32 Å². The Morgan fingerprint density at radius 3 is 2.55 bits per heavy atom. The Morgan fingerprint density at radius 1 is 1.10 bits per heavy atom. The average Bonchev–Trinajstić information content (AvgIpc) is 3.15. The van der Waals surface area contributed by atoms with E-state index in [9.17, 15) is 13.2 Å². The van der Waals surface area contributed by atoms with Crippen molar-refractivity contribution >= 4 is 21.6 Å². The quantitative estimate of drug-likeness (QED) is 0.740. The molecule has 1 aliphatic heterocycles. The summed E-state index contributed by atoms with van der Waals surface area (Å²) >= 11 is 0. The van der Waals surface area contributed by atoms with Crippen LogP contribution in [0.25, 0.3) is 0 Å². The molecule has 1 N–H and O–H groups in total. The zero-order chi connectivity index (χ0) is 21.2. The van der Waals surface area contributed by atoms with Crippen LogP contribution in [0, 0.1) is 0 Å². The summed E-state index contributed by atoms with van der Waals surface area (Å²) in [5.74, 6) is 1.19. The number of fused-ring (bicyclic) bond motifs is 1. The van der Waals surface area contributed by atoms with Crippen molar-refractivity contribution in [2.75, 3.05) is 33.3 Å². The van der Waals surface area contributed by atoms with Gasteiger partial charge in [-0.05, 0) is 49.9 Å². The number of benzene rings is 2. The molecule has 0 aromatic heterocycles. The van der Waals surface area contributed by atoms with E-state index in [-0.39, 0.29) is 17.6 Å². The molecule has 1 unspecified atom stereocenters. The van der Waals surface area contributed by atoms with Gasteiger partial charge in [0, 0.05) is 26.3 Å². The Kier molecular flexibility index (Phi) is 6.11. The summed E-state index contributed by atoms with van der Waals surface area (Å²) in [7, 11) is 1.21. The van der Waals surface area contributed by atoms with E-state index in [0.29, 0.717) is 18.0 Å². The van der Waals surface area contributed by atoms with Crippen molar-refractivity contribution < 1.29 is 22.7 Å². The number of nitrogens with one attached hydrogen (secondary N) is 1. The fourth-order valence-corrected chi connectivity index (χ4v) is 3.80. The molecule has 0 saturated carbocycles. The van der Waals surface area contributed by atoms with Crippen molar-refractivity contribution in [3.8, 4) is 11.5 Å². The highest BCUT2D eigenvalue weighted by Gasteiger charge is 2.21. The van der Waals surface area contributed by atoms with Crippen LogP contribution in [0.2, 0.25) is 0 Å². The Hall–Kier alpha value is -2.62. The van der Waals surface area contributed by atoms with Crippen LogP contribution in [0.15, 0.2) is 47.4 Å². The first kappa shape index (κ1) is 21.1. The summed E-state index contributed by atoms with van der Waals surface area (Å²) in [4.78, 5) is 14.7. The maximum Gasteiger partial charge on any atom is 0.242 e. The molecule has 1 amide bonds. The lowest BCUT2D eigenvalue weighted by atomic mass is 10.1. The molecular formula is C20H25N3O5S. The van der Waals surface area contributed by atoms with Gasteiger partial charge in [-0.2, -0.15) is 0 Å². The first-order chi connectivity index (χ1) is 13.7. The van der Waals surface area contributed by atoms with Gasteiger partial charge in [0.1, 0.15) is 0 Å². The van der Waals surface area contributed by atoms with E-state index in [1.165, 1.54) is 26.2 Å². The maximum atomic E-state index is 12.7. The van der Waals surface area contributed by atoms with E-state index >= 15 is 0 Å². The van der Waals surface area contributed by atoms with Crippen molar-refractivity contribution in [1.82, 2.24) is 9.21 Å². The van der Waals surface area contributed by atoms with Crippen molar-refractivity contribution in [1.29, 1.82) is 0 Å². The molecule has 9 heteroatoms. The summed E-state index contributed by atoms with van der Waals surface area (Å²) in [6.07, 6.45) is 0. The molecule has 8 nitrogen and oxygen atoms in total. The van der Waals surface area contributed by atoms with E-state index in [0.717, 1.165) is 15.6 Å². The smallest absolute Gasteiger partial charge is 0.242 e. The van der Waals surface area contributed by atoms with Crippen molar-refractivity contribution in [3.05, 3.63) is 48.0 Å². The van der Waals surface area contributed by atoms with Crippen LogP contribution in [-0.4, -0.2) is 57.5 Å². The second kappa shape index (κ2) is 8.40. The number of hydrogen-bond donors (Lipinski definition) is 1. The summed E-state index contributed by atoms with van der Waals surface area (Å²) in [5, 5.41) is 2.79. The van der Waals surface area contributed by atoms with Gasteiger partial charge in [0.05, 0.1) is 10.9 Å². The molecule has 2 aromatic rings. The molecule has 0 saturated heterocycles. The van der Waals surface area contributed by atoms with Gasteiger partial charge in [-0.3, -0.25) is 9.69 Å². The molecule has 2 aromatic carbocycles. The molecule has 0 spiro atoms. The van der Waals surface area contributed by atoms with Gasteiger partial charge in [0.2, 0.25) is 22.7 Å². The molecule has 0 fully saturated rings. The number of ether oxygens (including phenoxy) is 2. The molecule has 1 heterocycles. The molecule has 1 aliphatic rings. The van der Waals surface area contributed by atoms with Gasteiger partial charge in [-0.25, -0.2) is 12.7 Å². The predicted molar refractivity (Wildman–Crippen MR) is 109 cm³/mol. The van der Waals surface area contributed by atoms with Gasteiger partial charge in [0.25, 0.3) is 0 Å². The normalized spacial score (nSPS) is 14.3. The summed E-state index contributed by atoms with van der Waals surface area (Å²) in [6.45, 7) is 2.55. The number of carbonyl (C=O) groups excluding carboxylic acids is 1. The Morgan fingerprint density at radius 2 is 1.83 bits per heavy atom. The molecular weight excluding hydrogens is 394 g/mol. The highest BCUT2D eigenvalue weighted by atomic mass is 32.2. The van der Waals surface area contributed by atoms with Crippen molar-refractivity contribution in [2.24, 2.45) is 0 Å². The zero-order valence-electron chi connectivity index (χ0n) is 16.9. The van der Waals surface area contributed by atoms with Crippen LogP contribution >= 0.6 is 0 Å². The Balaban J connectivity index is 1.66. The summed E-state index contributed by atoms with van der Waals surface area (Å²) < 4.78 is 36.4. The number of rotatable bonds is 7. The monoisotopic (exact) mass is 419 g/mol. The molecule has 156 valence electrons. The maximum absolute atomic E-state index is 12.7. The largest absolute Gasteiger partial charge is 0.454 e. The fourth-order valence-electron chi connectivity index (χ4n) is 2.86. The third kappa shape index (κ3) is 4.69. The van der Waals surface area contributed by atoms with E-state index in [4.69, 9.17) is 9.47 Å². The molecule has 3 rings (SSSR count). The van der Waals surface area contributed by atoms with Gasteiger partial charge in [-0.15, -0.1) is 0 Å². The lowest BCUT2D eigenvalue weighted by molar-refractivity contribution is -0.120. The van der Waals surface area contributed by atoms with E-state index < -0.39 is 16.1 Å². The van der Waals surface area contributed by atoms with Crippen LogP contribution in [0.3, 0.4) is 0 Å². The molecule has 29 heavy (non-hydrogen) atoms. The molecule has 0 bridgehead atoms. The number of anilines is 1. The number of amides is 1. The van der Waals surface area contributed by atoms with E-state index in [1.807, 2.05) is 30.1 Å². The lowest BCUT2D eigenvalue weighted by Gasteiger charge is -2.24. The standard InChI is InChI=1S/C20H25N3O5S/c1-14(23(4)12-15-8-9-18-19(10-15)28-13-27-18)20(24)21-16-6-5-7-17(11-16)29(25,26)22(2)3/h5-11,14H,12-13H2,1-4H3,(H,21,24). The van der Waals surface area contributed by atoms with Crippen molar-refractivity contribution in [2.45, 2.75) is 24.4 Å². The SMILES string of the molecule is CC(C(=O)Nc1cccc(S(=O)(=O)N(C)C)c1)N(C)Cc1ccc2c(c1)OCO2. The van der Waals surface area contributed by atoms with Gasteiger partial charge in [-0.1, -0.05) is 12.1 Å². The van der Waals surface area contributed by atoms with Crippen LogP contribution in [0.1, 0.15) is 12.5 Å². The number of likely N-dealkylation sites (N-methyl/N-ethyl adjacent to an activating group) is 1. The molecule has 0 radical (unpaired) electrons. The second-order valence-corrected chi connectivity index (χ2v) is 9.24. The third-order valence-corrected chi connectivity index (χ3v) is 6.60. The first-order valence-electron chi connectivity index (χ1n) is 9.10. The van der Waals surface area contributed by atoms with E-state index in [1.54, 1.807) is 19.1 Å². The third-order valence-electron chi connectivity index (χ3n) is 4.79. The lowest BCUT2D eigenvalue weighted by Crippen LogP contribution is -2.39. The minimum Gasteiger partial charge on any atom is -0.454 e. The van der Waals surface area contributed by atoms with Gasteiger partial charge < -0.3 is 14.8 Å². The van der Waals surface area contributed by atoms with Crippen molar-refractivity contribution in [3.63, 3.8) is 0 Å². The molecule has 0 aliphatic carbocycles. The highest BCUT2D eigenvalue weighted by molar-refractivity contribution is 7.89. The Bertz CT molecular complexity index is 1010. The van der Waals surface area contributed by atoms with Crippen LogP contribution < -0.4 is 14.8 Å². The summed E-state index contributed by atoms with van der Waals surface area (Å²) in [5.41, 5.74) is 1.43. The Labute approximate surface area is 171 Å². The first-order valence-corrected chi connectivity index (χ1v) is 10.5. The predicted octanol–water partition coefficient (Wildman–Crippen LogP) is 2.12. The minimum atomic E-state index is -3.57. The van der Waals surface area contributed by atoms with Gasteiger partial charge in [0.15, 0.2) is 11.5 Å². The topological polar surface area (TPSA) is 88.2 Å². The number of carbonyl (C=O) groups is 1. The number of nitrogens with zero attached hydrogens (tertiary/aromatic N) is 2. The average molecular weight is 420 g/mol. The highest BCUT2D eigenvalue weighted by Crippen LogP contribution is 2.32.